The molecule has 0 aromatic heterocycles. The first-order valence-corrected chi connectivity index (χ1v) is 3.41. The summed E-state index contributed by atoms with van der Waals surface area (Å²) in [5.41, 5.74) is 0.236. The molecule has 0 spiro atoms. The van der Waals surface area contributed by atoms with Gasteiger partial charge in [0.15, 0.2) is 0 Å². The average molecular weight is 114 g/mol. The third-order valence-electron chi connectivity index (χ3n) is 2.05. The summed E-state index contributed by atoms with van der Waals surface area (Å²) in [7, 11) is 0. The fraction of sp³-hybridized carbons (Fsp3) is 1.00. The van der Waals surface area contributed by atoms with Crippen LogP contribution in [-0.4, -0.2) is 12.2 Å². The van der Waals surface area contributed by atoms with Crippen molar-refractivity contribution in [2.75, 3.05) is 6.61 Å². The van der Waals surface area contributed by atoms with E-state index in [-0.39, 0.29) is 5.60 Å². The minimum Gasteiger partial charge on any atom is -0.375 e. The van der Waals surface area contributed by atoms with Crippen molar-refractivity contribution in [3.8, 4) is 0 Å². The highest BCUT2D eigenvalue weighted by atomic mass is 16.5. The van der Waals surface area contributed by atoms with E-state index in [9.17, 15) is 0 Å². The van der Waals surface area contributed by atoms with Crippen LogP contribution < -0.4 is 0 Å². The lowest BCUT2D eigenvalue weighted by molar-refractivity contribution is 0.0173. The van der Waals surface area contributed by atoms with E-state index in [1.54, 1.807) is 0 Å². The molecule has 0 N–H and O–H groups in total. The summed E-state index contributed by atoms with van der Waals surface area (Å²) in [5, 5.41) is 0. The van der Waals surface area contributed by atoms with Crippen molar-refractivity contribution in [3.05, 3.63) is 0 Å². The van der Waals surface area contributed by atoms with Crippen LogP contribution in [0.15, 0.2) is 0 Å². The lowest BCUT2D eigenvalue weighted by Crippen LogP contribution is -2.20. The summed E-state index contributed by atoms with van der Waals surface area (Å²) >= 11 is 0. The molecule has 1 atom stereocenters. The normalized spacial score (nSPS) is 38.2. The van der Waals surface area contributed by atoms with Crippen molar-refractivity contribution >= 4 is 0 Å². The molecule has 0 aromatic rings. The van der Waals surface area contributed by atoms with Crippen LogP contribution >= 0.6 is 0 Å². The predicted molar refractivity (Wildman–Crippen MR) is 33.9 cm³/mol. The van der Waals surface area contributed by atoms with Crippen LogP contribution in [0.5, 0.6) is 0 Å². The number of hydrogen-bond donors (Lipinski definition) is 0. The van der Waals surface area contributed by atoms with E-state index >= 15 is 0 Å². The van der Waals surface area contributed by atoms with Gasteiger partial charge < -0.3 is 4.74 Å². The van der Waals surface area contributed by atoms with Gasteiger partial charge in [-0.1, -0.05) is 6.92 Å². The van der Waals surface area contributed by atoms with Crippen molar-refractivity contribution in [2.45, 2.75) is 38.7 Å². The molecule has 0 bridgehead atoms. The fourth-order valence-corrected chi connectivity index (χ4v) is 1.12. The Balaban J connectivity index is 2.40. The Morgan fingerprint density at radius 1 is 1.62 bits per heavy atom. The second kappa shape index (κ2) is 2.06. The first-order chi connectivity index (χ1) is 3.77. The molecule has 1 fully saturated rings. The highest BCUT2D eigenvalue weighted by Gasteiger charge is 2.26. The Hall–Kier alpha value is -0.0400. The van der Waals surface area contributed by atoms with Crippen LogP contribution in [0.4, 0.5) is 0 Å². The first kappa shape index (κ1) is 6.09. The number of hydrogen-bond acceptors (Lipinski definition) is 1. The summed E-state index contributed by atoms with van der Waals surface area (Å²) in [6.45, 7) is 5.36. The van der Waals surface area contributed by atoms with Crippen molar-refractivity contribution < 1.29 is 4.74 Å². The zero-order chi connectivity index (χ0) is 6.04. The van der Waals surface area contributed by atoms with Gasteiger partial charge in [-0.25, -0.2) is 0 Å². The highest BCUT2D eigenvalue weighted by molar-refractivity contribution is 4.77. The molecular formula is C7H14O. The van der Waals surface area contributed by atoms with E-state index in [1.165, 1.54) is 12.8 Å². The van der Waals surface area contributed by atoms with Crippen LogP contribution in [0.3, 0.4) is 0 Å². The number of rotatable bonds is 1. The second-order valence-electron chi connectivity index (χ2n) is 2.76. The molecule has 0 unspecified atom stereocenters. The Bertz CT molecular complexity index is 72.5. The molecular weight excluding hydrogens is 100 g/mol. The summed E-state index contributed by atoms with van der Waals surface area (Å²) < 4.78 is 5.49. The van der Waals surface area contributed by atoms with E-state index in [0.29, 0.717) is 0 Å². The lowest BCUT2D eigenvalue weighted by atomic mass is 10.0. The predicted octanol–water partition coefficient (Wildman–Crippen LogP) is 1.97. The maximum absolute atomic E-state index is 5.49. The van der Waals surface area contributed by atoms with E-state index in [2.05, 4.69) is 13.8 Å². The molecule has 0 amide bonds. The van der Waals surface area contributed by atoms with Gasteiger partial charge >= 0.3 is 0 Å². The van der Waals surface area contributed by atoms with Crippen molar-refractivity contribution in [1.29, 1.82) is 0 Å². The van der Waals surface area contributed by atoms with Crippen molar-refractivity contribution in [2.24, 2.45) is 0 Å². The van der Waals surface area contributed by atoms with Gasteiger partial charge in [0.05, 0.1) is 5.60 Å². The third kappa shape index (κ3) is 1.03. The summed E-state index contributed by atoms with van der Waals surface area (Å²) in [6, 6.07) is 0. The molecule has 1 heterocycles. The van der Waals surface area contributed by atoms with Crippen molar-refractivity contribution in [1.82, 2.24) is 0 Å². The van der Waals surface area contributed by atoms with E-state index in [0.717, 1.165) is 13.0 Å². The maximum atomic E-state index is 5.49. The first-order valence-electron chi connectivity index (χ1n) is 3.41. The second-order valence-corrected chi connectivity index (χ2v) is 2.76. The van der Waals surface area contributed by atoms with Gasteiger partial charge in [-0.3, -0.25) is 0 Å². The van der Waals surface area contributed by atoms with Gasteiger partial charge in [-0.2, -0.15) is 0 Å². The SMILES string of the molecule is CC[C@]1(C)CCCO1. The molecule has 1 aliphatic rings. The maximum Gasteiger partial charge on any atom is 0.0652 e. The standard InChI is InChI=1S/C7H14O/c1-3-7(2)5-4-6-8-7/h3-6H2,1-2H3/t7-/m1/s1. The molecule has 1 aliphatic heterocycles. The van der Waals surface area contributed by atoms with Gasteiger partial charge in [-0.15, -0.1) is 0 Å². The molecule has 1 rings (SSSR count). The molecule has 0 saturated carbocycles. The average Bonchev–Trinajstić information content (AvgIpc) is 2.17. The Kier molecular flexibility index (Phi) is 1.57. The van der Waals surface area contributed by atoms with Crippen molar-refractivity contribution in [3.63, 3.8) is 0 Å². The Morgan fingerprint density at radius 2 is 2.38 bits per heavy atom. The number of ether oxygens (including phenoxy) is 1. The van der Waals surface area contributed by atoms with Crippen LogP contribution in [0.1, 0.15) is 33.1 Å². The quantitative estimate of drug-likeness (QED) is 0.506. The molecule has 0 aromatic carbocycles. The molecule has 8 heavy (non-hydrogen) atoms. The van der Waals surface area contributed by atoms with E-state index in [4.69, 9.17) is 4.74 Å². The zero-order valence-corrected chi connectivity index (χ0v) is 5.74. The Morgan fingerprint density at radius 3 is 2.62 bits per heavy atom. The Labute approximate surface area is 51.0 Å². The van der Waals surface area contributed by atoms with Gasteiger partial charge in [0.2, 0.25) is 0 Å². The highest BCUT2D eigenvalue weighted by Crippen LogP contribution is 2.27. The monoisotopic (exact) mass is 114 g/mol. The van der Waals surface area contributed by atoms with E-state index < -0.39 is 0 Å². The van der Waals surface area contributed by atoms with Gasteiger partial charge in [-0.05, 0) is 26.2 Å². The molecule has 1 heteroatoms. The third-order valence-corrected chi connectivity index (χ3v) is 2.05. The van der Waals surface area contributed by atoms with E-state index in [1.807, 2.05) is 0 Å². The van der Waals surface area contributed by atoms with Crippen LogP contribution in [0, 0.1) is 0 Å². The minimum atomic E-state index is 0.236. The largest absolute Gasteiger partial charge is 0.375 e. The molecule has 1 nitrogen and oxygen atoms in total. The zero-order valence-electron chi connectivity index (χ0n) is 5.74. The van der Waals surface area contributed by atoms with Crippen LogP contribution in [-0.2, 0) is 4.74 Å². The minimum absolute atomic E-state index is 0.236. The summed E-state index contributed by atoms with van der Waals surface area (Å²) in [5.74, 6) is 0. The molecule has 0 radical (unpaired) electrons. The summed E-state index contributed by atoms with van der Waals surface area (Å²) in [6.07, 6.45) is 3.67. The van der Waals surface area contributed by atoms with Gasteiger partial charge in [0.25, 0.3) is 0 Å². The smallest absolute Gasteiger partial charge is 0.0652 e. The summed E-state index contributed by atoms with van der Waals surface area (Å²) in [4.78, 5) is 0. The van der Waals surface area contributed by atoms with Crippen LogP contribution in [0.2, 0.25) is 0 Å². The molecule has 0 aliphatic carbocycles. The lowest BCUT2D eigenvalue weighted by Gasteiger charge is -2.19. The fourth-order valence-electron chi connectivity index (χ4n) is 1.12. The topological polar surface area (TPSA) is 9.23 Å². The van der Waals surface area contributed by atoms with Crippen LogP contribution in [0.25, 0.3) is 0 Å². The van der Waals surface area contributed by atoms with Gasteiger partial charge in [0, 0.05) is 6.61 Å². The molecule has 48 valence electrons. The molecule has 1 saturated heterocycles. The van der Waals surface area contributed by atoms with Gasteiger partial charge in [0.1, 0.15) is 0 Å².